The van der Waals surface area contributed by atoms with Crippen LogP contribution in [0.4, 0.5) is 17.3 Å². The summed E-state index contributed by atoms with van der Waals surface area (Å²) in [7, 11) is 0. The number of fused-ring (bicyclic) bond motifs is 2. The molecule has 182 valence electrons. The van der Waals surface area contributed by atoms with Gasteiger partial charge in [-0.05, 0) is 47.5 Å². The van der Waals surface area contributed by atoms with Gasteiger partial charge in [-0.15, -0.1) is 0 Å². The number of ether oxygens (including phenoxy) is 1. The number of aromatic hydroxyl groups is 1. The van der Waals surface area contributed by atoms with Crippen molar-refractivity contribution in [3.63, 3.8) is 0 Å². The van der Waals surface area contributed by atoms with Crippen LogP contribution in [0.3, 0.4) is 0 Å². The minimum atomic E-state index is -0.155. The summed E-state index contributed by atoms with van der Waals surface area (Å²) in [5, 5.41) is 13.4. The number of hydrogen-bond donors (Lipinski definition) is 4. The third-order valence-corrected chi connectivity index (χ3v) is 5.84. The van der Waals surface area contributed by atoms with Crippen LogP contribution in [-0.4, -0.2) is 25.0 Å². The minimum absolute atomic E-state index is 0.0471. The van der Waals surface area contributed by atoms with E-state index in [0.717, 1.165) is 22.5 Å². The zero-order valence-electron chi connectivity index (χ0n) is 19.3. The Balaban J connectivity index is 1.14. The molecule has 6 rings (SSSR count). The van der Waals surface area contributed by atoms with E-state index in [1.807, 2.05) is 48.5 Å². The van der Waals surface area contributed by atoms with Crippen LogP contribution in [0, 0.1) is 0 Å². The summed E-state index contributed by atoms with van der Waals surface area (Å²) < 4.78 is 11.4. The molecule has 0 bridgehead atoms. The number of nitrogens with zero attached hydrogens (tertiary/aromatic N) is 3. The van der Waals surface area contributed by atoms with Gasteiger partial charge in [0, 0.05) is 17.4 Å². The van der Waals surface area contributed by atoms with Gasteiger partial charge in [0.2, 0.25) is 11.8 Å². The van der Waals surface area contributed by atoms with E-state index in [9.17, 15) is 9.90 Å². The summed E-state index contributed by atoms with van der Waals surface area (Å²) in [6.45, 7) is 0.299. The molecule has 0 aliphatic heterocycles. The highest BCUT2D eigenvalue weighted by Crippen LogP contribution is 2.25. The highest BCUT2D eigenvalue weighted by Gasteiger charge is 2.11. The highest BCUT2D eigenvalue weighted by atomic mass is 16.5. The second kappa shape index (κ2) is 9.00. The average Bonchev–Trinajstić information content (AvgIpc) is 3.37. The number of imidazole rings is 1. The molecule has 37 heavy (non-hydrogen) atoms. The smallest absolute Gasteiger partial charge is 0.245 e. The fraction of sp³-hybridized carbons (Fsp3) is 0.0370. The monoisotopic (exact) mass is 492 g/mol. The van der Waals surface area contributed by atoms with Crippen LogP contribution in [-0.2, 0) is 6.61 Å². The number of nitrogen functional groups attached to an aromatic ring is 1. The lowest BCUT2D eigenvalue weighted by Gasteiger charge is -2.10. The Morgan fingerprint density at radius 3 is 2.54 bits per heavy atom. The lowest BCUT2D eigenvalue weighted by atomic mass is 10.0. The Morgan fingerprint density at radius 1 is 1.00 bits per heavy atom. The Hall–Kier alpha value is -5.38. The van der Waals surface area contributed by atoms with Gasteiger partial charge in [0.05, 0.1) is 17.3 Å². The van der Waals surface area contributed by atoms with Crippen molar-refractivity contribution in [2.75, 3.05) is 11.1 Å². The number of anilines is 3. The number of hydrogen-bond acceptors (Lipinski definition) is 9. The number of nitrogens with two attached hydrogens (primary N) is 1. The normalized spacial score (nSPS) is 11.1. The average molecular weight is 492 g/mol. The van der Waals surface area contributed by atoms with Gasteiger partial charge in [-0.25, -0.2) is 4.98 Å². The first-order valence-corrected chi connectivity index (χ1v) is 11.3. The first-order valence-electron chi connectivity index (χ1n) is 11.3. The summed E-state index contributed by atoms with van der Waals surface area (Å²) in [6.07, 6.45) is 2.93. The Kier molecular flexibility index (Phi) is 5.38. The first-order chi connectivity index (χ1) is 18.0. The van der Waals surface area contributed by atoms with Gasteiger partial charge in [-0.3, -0.25) is 4.79 Å². The molecule has 0 spiro atoms. The molecule has 0 amide bonds. The topological polar surface area (TPSA) is 152 Å². The summed E-state index contributed by atoms with van der Waals surface area (Å²) in [6, 6.07) is 19.7. The van der Waals surface area contributed by atoms with Crippen molar-refractivity contribution in [2.24, 2.45) is 0 Å². The highest BCUT2D eigenvalue weighted by molar-refractivity contribution is 5.83. The van der Waals surface area contributed by atoms with Crippen molar-refractivity contribution in [1.29, 1.82) is 0 Å². The SMILES string of the molecule is Nc1nc(OCc2ccc(Nc3ccc(-c4coc5cc(O)ccc5c4=O)cc3)cc2)c2[nH]cnc2n1. The van der Waals surface area contributed by atoms with E-state index in [1.54, 1.807) is 6.07 Å². The second-order valence-corrected chi connectivity index (χ2v) is 8.34. The fourth-order valence-corrected chi connectivity index (χ4v) is 3.98. The van der Waals surface area contributed by atoms with Crippen molar-refractivity contribution in [3.05, 3.63) is 95.1 Å². The van der Waals surface area contributed by atoms with E-state index in [0.29, 0.717) is 40.2 Å². The number of aromatic amines is 1. The second-order valence-electron chi connectivity index (χ2n) is 8.34. The van der Waals surface area contributed by atoms with E-state index in [2.05, 4.69) is 25.3 Å². The fourth-order valence-electron chi connectivity index (χ4n) is 3.98. The lowest BCUT2D eigenvalue weighted by molar-refractivity contribution is 0.297. The maximum absolute atomic E-state index is 12.9. The number of nitrogens with one attached hydrogen (secondary N) is 2. The lowest BCUT2D eigenvalue weighted by Crippen LogP contribution is -2.04. The van der Waals surface area contributed by atoms with E-state index in [4.69, 9.17) is 14.9 Å². The quantitative estimate of drug-likeness (QED) is 0.258. The predicted octanol–water partition coefficient (Wildman–Crippen LogP) is 4.74. The number of H-pyrrole nitrogens is 1. The van der Waals surface area contributed by atoms with E-state index >= 15 is 0 Å². The molecule has 3 aromatic heterocycles. The molecule has 10 nitrogen and oxygen atoms in total. The zero-order valence-corrected chi connectivity index (χ0v) is 19.3. The molecule has 0 unspecified atom stereocenters. The van der Waals surface area contributed by atoms with Crippen molar-refractivity contribution in [2.45, 2.75) is 6.61 Å². The van der Waals surface area contributed by atoms with E-state index in [1.165, 1.54) is 24.7 Å². The molecule has 5 N–H and O–H groups in total. The first kappa shape index (κ1) is 22.1. The molecule has 0 saturated heterocycles. The van der Waals surface area contributed by atoms with Crippen LogP contribution in [0.1, 0.15) is 5.56 Å². The molecule has 0 aliphatic carbocycles. The van der Waals surface area contributed by atoms with Crippen LogP contribution in [0.5, 0.6) is 11.6 Å². The molecule has 6 aromatic rings. The molecule has 10 heteroatoms. The molecule has 0 aliphatic rings. The molecule has 3 heterocycles. The molecule has 0 radical (unpaired) electrons. The van der Waals surface area contributed by atoms with Crippen molar-refractivity contribution < 1.29 is 14.3 Å². The predicted molar refractivity (Wildman–Crippen MR) is 140 cm³/mol. The van der Waals surface area contributed by atoms with Gasteiger partial charge in [0.1, 0.15) is 29.7 Å². The van der Waals surface area contributed by atoms with Crippen molar-refractivity contribution >= 4 is 39.5 Å². The maximum atomic E-state index is 12.9. The molecule has 0 saturated carbocycles. The summed E-state index contributed by atoms with van der Waals surface area (Å²) in [5.74, 6) is 0.494. The molecular formula is C27H20N6O4. The van der Waals surface area contributed by atoms with Gasteiger partial charge in [0.25, 0.3) is 0 Å². The number of rotatable bonds is 6. The van der Waals surface area contributed by atoms with Crippen molar-refractivity contribution in [3.8, 4) is 22.8 Å². The standard InChI is InChI=1S/C27H20N6O4/c28-27-32-25-23(29-14-30-25)26(33-27)37-12-15-1-5-17(6-2-15)31-18-7-3-16(4-8-18)21-13-36-22-11-19(34)9-10-20(22)24(21)35/h1-11,13-14,31,34H,12H2,(H3,28,29,30,32,33). The Morgan fingerprint density at radius 2 is 1.76 bits per heavy atom. The minimum Gasteiger partial charge on any atom is -0.508 e. The van der Waals surface area contributed by atoms with Crippen LogP contribution >= 0.6 is 0 Å². The van der Waals surface area contributed by atoms with Gasteiger partial charge in [0.15, 0.2) is 11.1 Å². The molecule has 0 atom stereocenters. The summed E-state index contributed by atoms with van der Waals surface area (Å²) in [5.41, 5.74) is 10.9. The van der Waals surface area contributed by atoms with Gasteiger partial charge < -0.3 is 30.3 Å². The Bertz CT molecular complexity index is 1790. The van der Waals surface area contributed by atoms with Gasteiger partial charge >= 0.3 is 0 Å². The van der Waals surface area contributed by atoms with E-state index in [-0.39, 0.29) is 17.1 Å². The number of benzene rings is 3. The number of phenolic OH excluding ortho intramolecular Hbond substituents is 1. The molecule has 3 aromatic carbocycles. The van der Waals surface area contributed by atoms with Crippen LogP contribution in [0.2, 0.25) is 0 Å². The van der Waals surface area contributed by atoms with Crippen LogP contribution in [0.25, 0.3) is 33.3 Å². The van der Waals surface area contributed by atoms with Gasteiger partial charge in [-0.2, -0.15) is 9.97 Å². The third-order valence-electron chi connectivity index (χ3n) is 5.84. The largest absolute Gasteiger partial charge is 0.508 e. The Labute approximate surface area is 209 Å². The molecule has 0 fully saturated rings. The van der Waals surface area contributed by atoms with Crippen molar-refractivity contribution in [1.82, 2.24) is 19.9 Å². The number of phenols is 1. The molecular weight excluding hydrogens is 472 g/mol. The maximum Gasteiger partial charge on any atom is 0.245 e. The van der Waals surface area contributed by atoms with E-state index < -0.39 is 0 Å². The summed E-state index contributed by atoms with van der Waals surface area (Å²) >= 11 is 0. The van der Waals surface area contributed by atoms with Crippen LogP contribution < -0.4 is 21.2 Å². The number of aromatic nitrogens is 4. The third kappa shape index (κ3) is 4.39. The van der Waals surface area contributed by atoms with Crippen LogP contribution in [0.15, 0.2) is 88.5 Å². The summed E-state index contributed by atoms with van der Waals surface area (Å²) in [4.78, 5) is 28.1. The van der Waals surface area contributed by atoms with Gasteiger partial charge in [-0.1, -0.05) is 24.3 Å². The zero-order chi connectivity index (χ0) is 25.4.